The standard InChI is InChI=1S/C15H12BrFN2S/c16-10-2-4-13(12(7-10)15(18)20)19-6-5-9-1-3-11(17)8-14(9)19/h1-4,7-8H,5-6H2,(H2,18,20). The number of benzene rings is 2. The zero-order valence-corrected chi connectivity index (χ0v) is 13.0. The molecule has 0 spiro atoms. The predicted octanol–water partition coefficient (Wildman–Crippen LogP) is 3.92. The highest BCUT2D eigenvalue weighted by atomic mass is 79.9. The van der Waals surface area contributed by atoms with Crippen LogP contribution in [-0.2, 0) is 6.42 Å². The molecule has 2 aromatic carbocycles. The second-order valence-electron chi connectivity index (χ2n) is 4.70. The third-order valence-electron chi connectivity index (χ3n) is 3.46. The first-order valence-corrected chi connectivity index (χ1v) is 7.42. The van der Waals surface area contributed by atoms with Gasteiger partial charge in [0.2, 0.25) is 0 Å². The molecule has 0 saturated heterocycles. The zero-order valence-electron chi connectivity index (χ0n) is 10.6. The van der Waals surface area contributed by atoms with Gasteiger partial charge in [0.1, 0.15) is 10.8 Å². The van der Waals surface area contributed by atoms with Gasteiger partial charge in [-0.3, -0.25) is 0 Å². The number of anilines is 2. The van der Waals surface area contributed by atoms with Crippen molar-refractivity contribution in [2.24, 2.45) is 5.73 Å². The number of halogens is 2. The number of fused-ring (bicyclic) bond motifs is 1. The van der Waals surface area contributed by atoms with E-state index in [2.05, 4.69) is 20.8 Å². The number of hydrogen-bond acceptors (Lipinski definition) is 2. The molecule has 0 fully saturated rings. The van der Waals surface area contributed by atoms with Crippen LogP contribution >= 0.6 is 28.1 Å². The molecule has 0 aromatic heterocycles. The average Bonchev–Trinajstić information content (AvgIpc) is 2.81. The summed E-state index contributed by atoms with van der Waals surface area (Å²) in [5.74, 6) is -0.232. The third-order valence-corrected chi connectivity index (χ3v) is 4.17. The van der Waals surface area contributed by atoms with Crippen molar-refractivity contribution in [1.82, 2.24) is 0 Å². The van der Waals surface area contributed by atoms with Crippen molar-refractivity contribution < 1.29 is 4.39 Å². The van der Waals surface area contributed by atoms with Gasteiger partial charge in [-0.1, -0.05) is 34.2 Å². The lowest BCUT2D eigenvalue weighted by Crippen LogP contribution is -2.19. The summed E-state index contributed by atoms with van der Waals surface area (Å²) in [6.45, 7) is 0.802. The van der Waals surface area contributed by atoms with Crippen molar-refractivity contribution in [3.8, 4) is 0 Å². The summed E-state index contributed by atoms with van der Waals surface area (Å²) >= 11 is 8.55. The molecule has 0 amide bonds. The van der Waals surface area contributed by atoms with Gasteiger partial charge in [0, 0.05) is 22.3 Å². The van der Waals surface area contributed by atoms with E-state index in [4.69, 9.17) is 18.0 Å². The van der Waals surface area contributed by atoms with Crippen LogP contribution in [0.5, 0.6) is 0 Å². The molecule has 3 rings (SSSR count). The highest BCUT2D eigenvalue weighted by Gasteiger charge is 2.23. The molecule has 0 atom stereocenters. The number of thiocarbonyl (C=S) groups is 1. The van der Waals surface area contributed by atoms with E-state index in [1.165, 1.54) is 6.07 Å². The van der Waals surface area contributed by atoms with Gasteiger partial charge in [-0.25, -0.2) is 4.39 Å². The van der Waals surface area contributed by atoms with Gasteiger partial charge in [0.05, 0.1) is 5.69 Å². The molecule has 20 heavy (non-hydrogen) atoms. The predicted molar refractivity (Wildman–Crippen MR) is 87.1 cm³/mol. The van der Waals surface area contributed by atoms with E-state index in [9.17, 15) is 4.39 Å². The molecule has 2 nitrogen and oxygen atoms in total. The molecular formula is C15H12BrFN2S. The molecule has 102 valence electrons. The summed E-state index contributed by atoms with van der Waals surface area (Å²) in [6.07, 6.45) is 0.891. The van der Waals surface area contributed by atoms with E-state index < -0.39 is 0 Å². The molecule has 0 unspecified atom stereocenters. The van der Waals surface area contributed by atoms with Gasteiger partial charge in [-0.15, -0.1) is 0 Å². The van der Waals surface area contributed by atoms with Crippen molar-refractivity contribution in [3.05, 3.63) is 57.8 Å². The minimum atomic E-state index is -0.232. The Hall–Kier alpha value is -1.46. The molecule has 0 saturated carbocycles. The summed E-state index contributed by atoms with van der Waals surface area (Å²) in [4.78, 5) is 2.41. The minimum absolute atomic E-state index is 0.232. The first-order valence-electron chi connectivity index (χ1n) is 6.21. The lowest BCUT2D eigenvalue weighted by Gasteiger charge is -2.22. The SMILES string of the molecule is NC(=S)c1cc(Br)ccc1N1CCc2ccc(F)cc21. The summed E-state index contributed by atoms with van der Waals surface area (Å²) < 4.78 is 14.4. The quantitative estimate of drug-likeness (QED) is 0.832. The van der Waals surface area contributed by atoms with Gasteiger partial charge >= 0.3 is 0 Å². The van der Waals surface area contributed by atoms with Crippen molar-refractivity contribution in [3.63, 3.8) is 0 Å². The first kappa shape index (κ1) is 13.5. The topological polar surface area (TPSA) is 29.3 Å². The van der Waals surface area contributed by atoms with Crippen molar-refractivity contribution >= 4 is 44.5 Å². The molecule has 0 radical (unpaired) electrons. The monoisotopic (exact) mass is 350 g/mol. The Morgan fingerprint density at radius 3 is 2.75 bits per heavy atom. The Morgan fingerprint density at radius 2 is 2.00 bits per heavy atom. The van der Waals surface area contributed by atoms with E-state index in [-0.39, 0.29) is 5.82 Å². The number of nitrogens with two attached hydrogens (primary N) is 1. The largest absolute Gasteiger partial charge is 0.389 e. The highest BCUT2D eigenvalue weighted by molar-refractivity contribution is 9.10. The van der Waals surface area contributed by atoms with Crippen LogP contribution in [0.3, 0.4) is 0 Å². The Balaban J connectivity index is 2.13. The van der Waals surface area contributed by atoms with Gasteiger partial charge in [0.25, 0.3) is 0 Å². The van der Waals surface area contributed by atoms with Gasteiger partial charge in [0.15, 0.2) is 0 Å². The Morgan fingerprint density at radius 1 is 1.20 bits per heavy atom. The lowest BCUT2D eigenvalue weighted by molar-refractivity contribution is 0.628. The number of rotatable bonds is 2. The van der Waals surface area contributed by atoms with Crippen LogP contribution in [0.1, 0.15) is 11.1 Å². The van der Waals surface area contributed by atoms with Crippen molar-refractivity contribution in [2.45, 2.75) is 6.42 Å². The van der Waals surface area contributed by atoms with Gasteiger partial charge in [-0.2, -0.15) is 0 Å². The van der Waals surface area contributed by atoms with E-state index in [1.807, 2.05) is 24.3 Å². The molecule has 2 N–H and O–H groups in total. The van der Waals surface area contributed by atoms with Gasteiger partial charge < -0.3 is 10.6 Å². The van der Waals surface area contributed by atoms with Crippen LogP contribution in [-0.4, -0.2) is 11.5 Å². The molecule has 1 aliphatic rings. The molecule has 0 aliphatic carbocycles. The third kappa shape index (κ3) is 2.31. The van der Waals surface area contributed by atoms with E-state index in [1.54, 1.807) is 6.07 Å². The van der Waals surface area contributed by atoms with Crippen LogP contribution in [0.25, 0.3) is 0 Å². The summed E-state index contributed by atoms with van der Waals surface area (Å²) in [7, 11) is 0. The van der Waals surface area contributed by atoms with Crippen LogP contribution < -0.4 is 10.6 Å². The normalized spacial score (nSPS) is 13.4. The summed E-state index contributed by atoms with van der Waals surface area (Å²) in [5.41, 5.74) is 9.57. The summed E-state index contributed by atoms with van der Waals surface area (Å²) in [5, 5.41) is 0. The number of nitrogens with zero attached hydrogens (tertiary/aromatic N) is 1. The molecule has 5 heteroatoms. The van der Waals surface area contributed by atoms with E-state index >= 15 is 0 Å². The summed E-state index contributed by atoms with van der Waals surface area (Å²) in [6, 6.07) is 10.7. The van der Waals surface area contributed by atoms with Crippen molar-refractivity contribution in [2.75, 3.05) is 11.4 Å². The average molecular weight is 351 g/mol. The fourth-order valence-electron chi connectivity index (χ4n) is 2.54. The lowest BCUT2D eigenvalue weighted by atomic mass is 10.1. The van der Waals surface area contributed by atoms with Crippen LogP contribution in [0.4, 0.5) is 15.8 Å². The molecule has 0 bridgehead atoms. The van der Waals surface area contributed by atoms with Gasteiger partial charge in [-0.05, 0) is 42.3 Å². The molecule has 1 heterocycles. The molecule has 2 aromatic rings. The maximum absolute atomic E-state index is 13.5. The Bertz CT molecular complexity index is 702. The number of hydrogen-bond donors (Lipinski definition) is 1. The minimum Gasteiger partial charge on any atom is -0.389 e. The maximum Gasteiger partial charge on any atom is 0.125 e. The second-order valence-corrected chi connectivity index (χ2v) is 6.06. The smallest absolute Gasteiger partial charge is 0.125 e. The Kier molecular flexibility index (Phi) is 3.48. The molecular weight excluding hydrogens is 339 g/mol. The first-order chi connectivity index (χ1) is 9.56. The van der Waals surface area contributed by atoms with E-state index in [0.29, 0.717) is 4.99 Å². The van der Waals surface area contributed by atoms with Crippen LogP contribution in [0, 0.1) is 5.82 Å². The fourth-order valence-corrected chi connectivity index (χ4v) is 3.07. The van der Waals surface area contributed by atoms with Crippen molar-refractivity contribution in [1.29, 1.82) is 0 Å². The highest BCUT2D eigenvalue weighted by Crippen LogP contribution is 2.37. The maximum atomic E-state index is 13.5. The van der Waals surface area contributed by atoms with Crippen LogP contribution in [0.2, 0.25) is 0 Å². The molecule has 1 aliphatic heterocycles. The van der Waals surface area contributed by atoms with E-state index in [0.717, 1.165) is 39.9 Å². The zero-order chi connectivity index (χ0) is 14.3. The van der Waals surface area contributed by atoms with Crippen LogP contribution in [0.15, 0.2) is 40.9 Å². The Labute approximate surface area is 130 Å². The second kappa shape index (κ2) is 5.14. The fraction of sp³-hybridized carbons (Fsp3) is 0.133.